The highest BCUT2D eigenvalue weighted by atomic mass is 16.3. The SMILES string of the molecule is Cc1ccc(C(C)C)c2occ(CCNC3CC3)c12. The van der Waals surface area contributed by atoms with Crippen molar-refractivity contribution < 1.29 is 4.42 Å². The second kappa shape index (κ2) is 5.01. The number of rotatable bonds is 5. The normalized spacial score (nSPS) is 15.6. The smallest absolute Gasteiger partial charge is 0.137 e. The van der Waals surface area contributed by atoms with Crippen molar-refractivity contribution in [3.63, 3.8) is 0 Å². The number of hydrogen-bond acceptors (Lipinski definition) is 2. The Bertz CT molecular complexity index is 578. The molecule has 2 heteroatoms. The lowest BCUT2D eigenvalue weighted by molar-refractivity contribution is 0.598. The zero-order valence-electron chi connectivity index (χ0n) is 12.1. The summed E-state index contributed by atoms with van der Waals surface area (Å²) >= 11 is 0. The molecular formula is C17H23NO. The Morgan fingerprint density at radius 2 is 2.11 bits per heavy atom. The van der Waals surface area contributed by atoms with E-state index in [0.29, 0.717) is 5.92 Å². The maximum atomic E-state index is 5.87. The first kappa shape index (κ1) is 12.7. The Morgan fingerprint density at radius 1 is 1.32 bits per heavy atom. The Balaban J connectivity index is 1.89. The van der Waals surface area contributed by atoms with Gasteiger partial charge in [0.15, 0.2) is 0 Å². The van der Waals surface area contributed by atoms with Crippen LogP contribution in [0.5, 0.6) is 0 Å². The van der Waals surface area contributed by atoms with Crippen LogP contribution in [-0.2, 0) is 6.42 Å². The minimum absolute atomic E-state index is 0.506. The Labute approximate surface area is 115 Å². The Morgan fingerprint density at radius 3 is 2.79 bits per heavy atom. The molecule has 0 amide bonds. The van der Waals surface area contributed by atoms with Gasteiger partial charge in [-0.25, -0.2) is 0 Å². The molecule has 1 N–H and O–H groups in total. The first-order chi connectivity index (χ1) is 9.16. The fourth-order valence-corrected chi connectivity index (χ4v) is 2.75. The fraction of sp³-hybridized carbons (Fsp3) is 0.529. The molecule has 1 heterocycles. The van der Waals surface area contributed by atoms with Crippen LogP contribution in [0.3, 0.4) is 0 Å². The topological polar surface area (TPSA) is 25.2 Å². The molecule has 0 aliphatic heterocycles. The van der Waals surface area contributed by atoms with Gasteiger partial charge < -0.3 is 9.73 Å². The molecule has 102 valence electrons. The highest BCUT2D eigenvalue weighted by Gasteiger charge is 2.20. The molecule has 3 rings (SSSR count). The quantitative estimate of drug-likeness (QED) is 0.870. The minimum atomic E-state index is 0.506. The summed E-state index contributed by atoms with van der Waals surface area (Å²) in [5, 5.41) is 4.91. The molecule has 2 aromatic rings. The van der Waals surface area contributed by atoms with Crippen molar-refractivity contribution in [1.29, 1.82) is 0 Å². The second-order valence-electron chi connectivity index (χ2n) is 6.07. The molecule has 0 spiro atoms. The molecule has 1 aliphatic rings. The van der Waals surface area contributed by atoms with E-state index in [1.807, 2.05) is 6.26 Å². The number of benzene rings is 1. The summed E-state index contributed by atoms with van der Waals surface area (Å²) in [6.07, 6.45) is 5.72. The van der Waals surface area contributed by atoms with E-state index in [4.69, 9.17) is 4.42 Å². The van der Waals surface area contributed by atoms with Gasteiger partial charge in [0, 0.05) is 11.4 Å². The average molecular weight is 257 g/mol. The fourth-order valence-electron chi connectivity index (χ4n) is 2.75. The van der Waals surface area contributed by atoms with Crippen LogP contribution < -0.4 is 5.32 Å². The van der Waals surface area contributed by atoms with Gasteiger partial charge in [-0.3, -0.25) is 0 Å². The molecule has 1 aromatic carbocycles. The van der Waals surface area contributed by atoms with E-state index < -0.39 is 0 Å². The van der Waals surface area contributed by atoms with E-state index in [1.54, 1.807) is 0 Å². The monoisotopic (exact) mass is 257 g/mol. The standard InChI is InChI=1S/C17H23NO/c1-11(2)15-7-4-12(3)16-13(10-19-17(15)16)8-9-18-14-5-6-14/h4,7,10-11,14,18H,5-6,8-9H2,1-3H3. The largest absolute Gasteiger partial charge is 0.464 e. The van der Waals surface area contributed by atoms with Crippen LogP contribution in [0.2, 0.25) is 0 Å². The average Bonchev–Trinajstić information content (AvgIpc) is 3.09. The molecule has 2 nitrogen and oxygen atoms in total. The van der Waals surface area contributed by atoms with Crippen LogP contribution in [0.15, 0.2) is 22.8 Å². The summed E-state index contributed by atoms with van der Waals surface area (Å²) in [5.41, 5.74) is 5.09. The molecule has 0 radical (unpaired) electrons. The molecule has 0 atom stereocenters. The molecule has 1 aromatic heterocycles. The van der Waals surface area contributed by atoms with Crippen LogP contribution in [0.25, 0.3) is 11.0 Å². The van der Waals surface area contributed by atoms with Crippen molar-refractivity contribution in [2.24, 2.45) is 0 Å². The highest BCUT2D eigenvalue weighted by molar-refractivity contribution is 5.87. The van der Waals surface area contributed by atoms with Gasteiger partial charge in [0.25, 0.3) is 0 Å². The zero-order chi connectivity index (χ0) is 13.4. The molecular weight excluding hydrogens is 234 g/mol. The third-order valence-electron chi connectivity index (χ3n) is 4.06. The van der Waals surface area contributed by atoms with Crippen LogP contribution in [0.4, 0.5) is 0 Å². The van der Waals surface area contributed by atoms with Gasteiger partial charge in [-0.2, -0.15) is 0 Å². The maximum Gasteiger partial charge on any atom is 0.137 e. The van der Waals surface area contributed by atoms with Gasteiger partial charge in [0.1, 0.15) is 5.58 Å². The number of aryl methyl sites for hydroxylation is 1. The summed E-state index contributed by atoms with van der Waals surface area (Å²) in [4.78, 5) is 0. The van der Waals surface area contributed by atoms with E-state index in [9.17, 15) is 0 Å². The summed E-state index contributed by atoms with van der Waals surface area (Å²) in [7, 11) is 0. The Hall–Kier alpha value is -1.28. The number of nitrogens with one attached hydrogen (secondary N) is 1. The molecule has 19 heavy (non-hydrogen) atoms. The van der Waals surface area contributed by atoms with Crippen molar-refractivity contribution in [3.05, 3.63) is 35.1 Å². The van der Waals surface area contributed by atoms with E-state index in [0.717, 1.165) is 24.6 Å². The van der Waals surface area contributed by atoms with Crippen molar-refractivity contribution in [2.45, 2.75) is 52.0 Å². The maximum absolute atomic E-state index is 5.87. The molecule has 0 bridgehead atoms. The van der Waals surface area contributed by atoms with E-state index in [-0.39, 0.29) is 0 Å². The third-order valence-corrected chi connectivity index (χ3v) is 4.06. The predicted octanol–water partition coefficient (Wildman–Crippen LogP) is 4.16. The molecule has 1 aliphatic carbocycles. The lowest BCUT2D eigenvalue weighted by Gasteiger charge is -2.08. The number of hydrogen-bond donors (Lipinski definition) is 1. The number of fused-ring (bicyclic) bond motifs is 1. The van der Waals surface area contributed by atoms with Crippen molar-refractivity contribution >= 4 is 11.0 Å². The van der Waals surface area contributed by atoms with E-state index >= 15 is 0 Å². The van der Waals surface area contributed by atoms with Crippen LogP contribution in [0, 0.1) is 6.92 Å². The summed E-state index contributed by atoms with van der Waals surface area (Å²) in [6, 6.07) is 5.22. The van der Waals surface area contributed by atoms with Gasteiger partial charge in [-0.1, -0.05) is 26.0 Å². The van der Waals surface area contributed by atoms with Crippen LogP contribution >= 0.6 is 0 Å². The van der Waals surface area contributed by atoms with Crippen molar-refractivity contribution in [2.75, 3.05) is 6.54 Å². The lowest BCUT2D eigenvalue weighted by atomic mass is 9.96. The van der Waals surface area contributed by atoms with E-state index in [2.05, 4.69) is 38.2 Å². The molecule has 0 unspecified atom stereocenters. The first-order valence-corrected chi connectivity index (χ1v) is 7.39. The zero-order valence-corrected chi connectivity index (χ0v) is 12.1. The lowest BCUT2D eigenvalue weighted by Crippen LogP contribution is -2.19. The molecule has 1 saturated carbocycles. The second-order valence-corrected chi connectivity index (χ2v) is 6.07. The van der Waals surface area contributed by atoms with Gasteiger partial charge >= 0.3 is 0 Å². The highest BCUT2D eigenvalue weighted by Crippen LogP contribution is 2.32. The summed E-state index contributed by atoms with van der Waals surface area (Å²) in [6.45, 7) is 7.69. The number of furan rings is 1. The third kappa shape index (κ3) is 2.55. The molecule has 0 saturated heterocycles. The minimum Gasteiger partial charge on any atom is -0.464 e. The first-order valence-electron chi connectivity index (χ1n) is 7.39. The van der Waals surface area contributed by atoms with Crippen molar-refractivity contribution in [3.8, 4) is 0 Å². The van der Waals surface area contributed by atoms with E-state index in [1.165, 1.54) is 34.9 Å². The summed E-state index contributed by atoms with van der Waals surface area (Å²) < 4.78 is 5.87. The van der Waals surface area contributed by atoms with Gasteiger partial charge in [0.05, 0.1) is 6.26 Å². The van der Waals surface area contributed by atoms with Gasteiger partial charge in [-0.05, 0) is 55.3 Å². The van der Waals surface area contributed by atoms with Gasteiger partial charge in [-0.15, -0.1) is 0 Å². The molecule has 1 fully saturated rings. The van der Waals surface area contributed by atoms with Crippen LogP contribution in [-0.4, -0.2) is 12.6 Å². The summed E-state index contributed by atoms with van der Waals surface area (Å²) in [5.74, 6) is 0.506. The van der Waals surface area contributed by atoms with Crippen LogP contribution in [0.1, 0.15) is 49.3 Å². The van der Waals surface area contributed by atoms with Crippen molar-refractivity contribution in [1.82, 2.24) is 5.32 Å². The Kier molecular flexibility index (Phi) is 3.36. The van der Waals surface area contributed by atoms with Gasteiger partial charge in [0.2, 0.25) is 0 Å². The predicted molar refractivity (Wildman–Crippen MR) is 79.8 cm³/mol.